The number of nitrogens with zero attached hydrogens (tertiary/aromatic N) is 1. The van der Waals surface area contributed by atoms with E-state index in [0.717, 1.165) is 33.4 Å². The number of thioether (sulfide) groups is 1. The quantitative estimate of drug-likeness (QED) is 0.863. The molecule has 2 aromatic carbocycles. The molecule has 120 valence electrons. The summed E-state index contributed by atoms with van der Waals surface area (Å²) < 4.78 is 0. The van der Waals surface area contributed by atoms with E-state index in [1.54, 1.807) is 30.3 Å². The molecular formula is C18H13NO4S. The third-order valence-electron chi connectivity index (χ3n) is 3.66. The maximum absolute atomic E-state index is 11.9. The lowest BCUT2D eigenvalue weighted by Crippen LogP contribution is -2.22. The monoisotopic (exact) mass is 339 g/mol. The van der Waals surface area contributed by atoms with Gasteiger partial charge in [-0.3, -0.25) is 14.5 Å². The number of carboxylic acids is 1. The average Bonchev–Trinajstić information content (AvgIpc) is 2.83. The third kappa shape index (κ3) is 3.09. The molecular weight excluding hydrogens is 326 g/mol. The van der Waals surface area contributed by atoms with Gasteiger partial charge in [0.25, 0.3) is 11.1 Å². The van der Waals surface area contributed by atoms with Gasteiger partial charge in [0.1, 0.15) is 0 Å². The summed E-state index contributed by atoms with van der Waals surface area (Å²) in [6, 6.07) is 14.1. The van der Waals surface area contributed by atoms with Crippen LogP contribution in [-0.4, -0.2) is 34.2 Å². The number of likely N-dealkylation sites (N-methyl/N-ethyl adjacent to an activating group) is 1. The Bertz CT molecular complexity index is 854. The fourth-order valence-electron chi connectivity index (χ4n) is 2.27. The summed E-state index contributed by atoms with van der Waals surface area (Å²) in [6.45, 7) is 0. The number of carbonyl (C=O) groups excluding carboxylic acids is 2. The van der Waals surface area contributed by atoms with Crippen molar-refractivity contribution in [2.75, 3.05) is 7.05 Å². The minimum atomic E-state index is -0.957. The van der Waals surface area contributed by atoms with Crippen molar-refractivity contribution in [2.45, 2.75) is 0 Å². The van der Waals surface area contributed by atoms with Crippen LogP contribution in [0, 0.1) is 0 Å². The number of benzene rings is 2. The average molecular weight is 339 g/mol. The van der Waals surface area contributed by atoms with Crippen molar-refractivity contribution in [1.29, 1.82) is 0 Å². The van der Waals surface area contributed by atoms with Crippen LogP contribution in [0.4, 0.5) is 4.79 Å². The van der Waals surface area contributed by atoms with E-state index in [1.165, 1.54) is 7.05 Å². The fraction of sp³-hybridized carbons (Fsp3) is 0.0556. The lowest BCUT2D eigenvalue weighted by Gasteiger charge is -2.04. The van der Waals surface area contributed by atoms with Gasteiger partial charge < -0.3 is 5.11 Å². The van der Waals surface area contributed by atoms with E-state index in [4.69, 9.17) is 5.11 Å². The largest absolute Gasteiger partial charge is 0.478 e. The van der Waals surface area contributed by atoms with Gasteiger partial charge in [-0.25, -0.2) is 4.79 Å². The van der Waals surface area contributed by atoms with Gasteiger partial charge in [0, 0.05) is 7.05 Å². The molecule has 0 spiro atoms. The Kier molecular flexibility index (Phi) is 4.22. The molecule has 3 rings (SSSR count). The molecule has 0 aromatic heterocycles. The number of imide groups is 1. The minimum Gasteiger partial charge on any atom is -0.478 e. The van der Waals surface area contributed by atoms with E-state index in [9.17, 15) is 14.4 Å². The molecule has 1 aliphatic rings. The van der Waals surface area contributed by atoms with E-state index >= 15 is 0 Å². The lowest BCUT2D eigenvalue weighted by molar-refractivity contribution is -0.121. The van der Waals surface area contributed by atoms with Crippen LogP contribution in [0.1, 0.15) is 15.9 Å². The molecule has 1 aliphatic heterocycles. The number of hydrogen-bond acceptors (Lipinski definition) is 4. The normalized spacial score (nSPS) is 16.0. The topological polar surface area (TPSA) is 74.7 Å². The zero-order valence-corrected chi connectivity index (χ0v) is 13.5. The van der Waals surface area contributed by atoms with Crippen LogP contribution < -0.4 is 0 Å². The van der Waals surface area contributed by atoms with Crippen LogP contribution in [0.3, 0.4) is 0 Å². The van der Waals surface area contributed by atoms with Crippen molar-refractivity contribution in [3.8, 4) is 11.1 Å². The number of hydrogen-bond donors (Lipinski definition) is 1. The first kappa shape index (κ1) is 16.0. The highest BCUT2D eigenvalue weighted by molar-refractivity contribution is 8.18. The number of carbonyl (C=O) groups is 3. The van der Waals surface area contributed by atoms with Gasteiger partial charge in [-0.05, 0) is 46.7 Å². The van der Waals surface area contributed by atoms with Gasteiger partial charge in [0.15, 0.2) is 0 Å². The molecule has 1 heterocycles. The van der Waals surface area contributed by atoms with Gasteiger partial charge in [-0.1, -0.05) is 36.4 Å². The summed E-state index contributed by atoms with van der Waals surface area (Å²) in [5, 5.41) is 8.64. The molecule has 2 aromatic rings. The molecule has 1 fully saturated rings. The predicted molar refractivity (Wildman–Crippen MR) is 92.6 cm³/mol. The van der Waals surface area contributed by atoms with E-state index in [2.05, 4.69) is 0 Å². The van der Waals surface area contributed by atoms with Crippen molar-refractivity contribution in [2.24, 2.45) is 0 Å². The van der Waals surface area contributed by atoms with Gasteiger partial charge in [0.05, 0.1) is 10.5 Å². The van der Waals surface area contributed by atoms with Crippen molar-refractivity contribution in [3.05, 3.63) is 64.6 Å². The summed E-state index contributed by atoms with van der Waals surface area (Å²) >= 11 is 0.924. The van der Waals surface area contributed by atoms with E-state index in [-0.39, 0.29) is 16.7 Å². The highest BCUT2D eigenvalue weighted by atomic mass is 32.2. The van der Waals surface area contributed by atoms with Crippen LogP contribution in [0.15, 0.2) is 53.4 Å². The molecule has 6 heteroatoms. The molecule has 5 nitrogen and oxygen atoms in total. The predicted octanol–water partition coefficient (Wildman–Crippen LogP) is 3.72. The Hall–Kier alpha value is -2.86. The lowest BCUT2D eigenvalue weighted by atomic mass is 10.0. The van der Waals surface area contributed by atoms with Crippen LogP contribution in [0.5, 0.6) is 0 Å². The molecule has 24 heavy (non-hydrogen) atoms. The Morgan fingerprint density at radius 2 is 1.54 bits per heavy atom. The second-order valence-electron chi connectivity index (χ2n) is 5.25. The number of carboxylic acid groups (broad SMARTS) is 1. The highest BCUT2D eigenvalue weighted by Gasteiger charge is 2.31. The second kappa shape index (κ2) is 6.33. The smallest absolute Gasteiger partial charge is 0.335 e. The standard InChI is InChI=1S/C18H13NO4S/c1-19-16(20)15(24-18(19)23)10-11-2-4-12(5-3-11)13-6-8-14(9-7-13)17(21)22/h2-10H,1H3,(H,21,22)/b15-10-. The Morgan fingerprint density at radius 1 is 1.00 bits per heavy atom. The van der Waals surface area contributed by atoms with E-state index in [1.807, 2.05) is 24.3 Å². The Morgan fingerprint density at radius 3 is 2.00 bits per heavy atom. The SMILES string of the molecule is CN1C(=O)S/C(=C\c2ccc(-c3ccc(C(=O)O)cc3)cc2)C1=O. The summed E-state index contributed by atoms with van der Waals surface area (Å²) in [4.78, 5) is 35.7. The maximum atomic E-state index is 11.9. The first-order valence-corrected chi connectivity index (χ1v) is 7.93. The van der Waals surface area contributed by atoms with Gasteiger partial charge in [0.2, 0.25) is 0 Å². The van der Waals surface area contributed by atoms with Gasteiger partial charge >= 0.3 is 5.97 Å². The fourth-order valence-corrected chi connectivity index (χ4v) is 3.10. The maximum Gasteiger partial charge on any atom is 0.335 e. The zero-order chi connectivity index (χ0) is 17.3. The number of amides is 2. The summed E-state index contributed by atoms with van der Waals surface area (Å²) in [5.74, 6) is -1.25. The Labute approximate surface area is 142 Å². The molecule has 0 bridgehead atoms. The first-order valence-electron chi connectivity index (χ1n) is 7.11. The number of aromatic carboxylic acids is 1. The molecule has 1 saturated heterocycles. The van der Waals surface area contributed by atoms with Crippen molar-refractivity contribution < 1.29 is 19.5 Å². The molecule has 2 amide bonds. The third-order valence-corrected chi connectivity index (χ3v) is 4.62. The van der Waals surface area contributed by atoms with Crippen LogP contribution in [0.25, 0.3) is 17.2 Å². The molecule has 0 radical (unpaired) electrons. The summed E-state index contributed by atoms with van der Waals surface area (Å²) in [5.41, 5.74) is 2.90. The van der Waals surface area contributed by atoms with Gasteiger partial charge in [-0.15, -0.1) is 0 Å². The van der Waals surface area contributed by atoms with Crippen LogP contribution >= 0.6 is 11.8 Å². The van der Waals surface area contributed by atoms with Crippen molar-refractivity contribution in [1.82, 2.24) is 4.90 Å². The second-order valence-corrected chi connectivity index (χ2v) is 6.24. The minimum absolute atomic E-state index is 0.241. The first-order chi connectivity index (χ1) is 11.5. The molecule has 0 unspecified atom stereocenters. The summed E-state index contributed by atoms with van der Waals surface area (Å²) in [6.07, 6.45) is 1.69. The molecule has 0 saturated carbocycles. The Balaban J connectivity index is 1.82. The molecule has 0 aliphatic carbocycles. The van der Waals surface area contributed by atoms with Crippen LogP contribution in [0.2, 0.25) is 0 Å². The molecule has 1 N–H and O–H groups in total. The number of rotatable bonds is 3. The van der Waals surface area contributed by atoms with Crippen molar-refractivity contribution in [3.63, 3.8) is 0 Å². The van der Waals surface area contributed by atoms with Crippen LogP contribution in [-0.2, 0) is 4.79 Å². The zero-order valence-electron chi connectivity index (χ0n) is 12.7. The van der Waals surface area contributed by atoms with Crippen molar-refractivity contribution >= 4 is 35.0 Å². The summed E-state index contributed by atoms with van der Waals surface area (Å²) in [7, 11) is 1.46. The highest BCUT2D eigenvalue weighted by Crippen LogP contribution is 2.31. The molecule has 0 atom stereocenters. The van der Waals surface area contributed by atoms with E-state index < -0.39 is 5.97 Å². The van der Waals surface area contributed by atoms with E-state index in [0.29, 0.717) is 4.91 Å². The van der Waals surface area contributed by atoms with Gasteiger partial charge in [-0.2, -0.15) is 0 Å².